The lowest BCUT2D eigenvalue weighted by Crippen LogP contribution is -1.91. The SMILES string of the molecule is C/C=C(C)\C=C/C(C)c1ccc(C)nc1. The Hall–Kier alpha value is -1.37. The van der Waals surface area contributed by atoms with Crippen LogP contribution < -0.4 is 0 Å². The third-order valence-electron chi connectivity index (χ3n) is 2.56. The fourth-order valence-electron chi connectivity index (χ4n) is 1.25. The minimum Gasteiger partial charge on any atom is -0.261 e. The third kappa shape index (κ3) is 3.70. The maximum absolute atomic E-state index is 4.30. The first-order chi connectivity index (χ1) is 7.13. The van der Waals surface area contributed by atoms with Gasteiger partial charge in [0, 0.05) is 17.8 Å². The molecule has 1 unspecified atom stereocenters. The lowest BCUT2D eigenvalue weighted by Gasteiger charge is -2.06. The zero-order valence-corrected chi connectivity index (χ0v) is 9.99. The van der Waals surface area contributed by atoms with Crippen LogP contribution in [0.25, 0.3) is 0 Å². The van der Waals surface area contributed by atoms with Crippen molar-refractivity contribution in [3.05, 3.63) is 53.4 Å². The molecule has 0 saturated heterocycles. The smallest absolute Gasteiger partial charge is 0.0372 e. The van der Waals surface area contributed by atoms with Gasteiger partial charge in [0.2, 0.25) is 0 Å². The highest BCUT2D eigenvalue weighted by atomic mass is 14.7. The summed E-state index contributed by atoms with van der Waals surface area (Å²) in [5, 5.41) is 0. The molecule has 1 heterocycles. The van der Waals surface area contributed by atoms with Gasteiger partial charge in [0.1, 0.15) is 0 Å². The molecule has 80 valence electrons. The lowest BCUT2D eigenvalue weighted by molar-refractivity contribution is 0.945. The molecule has 0 N–H and O–H groups in total. The summed E-state index contributed by atoms with van der Waals surface area (Å²) in [7, 11) is 0. The van der Waals surface area contributed by atoms with E-state index in [2.05, 4.69) is 56.1 Å². The number of allylic oxidation sites excluding steroid dienone is 4. The molecule has 0 fully saturated rings. The fourth-order valence-corrected chi connectivity index (χ4v) is 1.25. The van der Waals surface area contributed by atoms with Crippen molar-refractivity contribution in [3.63, 3.8) is 0 Å². The first-order valence-electron chi connectivity index (χ1n) is 5.37. The van der Waals surface area contributed by atoms with Crippen molar-refractivity contribution in [1.29, 1.82) is 0 Å². The van der Waals surface area contributed by atoms with Gasteiger partial charge in [0.15, 0.2) is 0 Å². The summed E-state index contributed by atoms with van der Waals surface area (Å²) in [5.74, 6) is 0.424. The van der Waals surface area contributed by atoms with Gasteiger partial charge in [0.25, 0.3) is 0 Å². The molecule has 0 radical (unpaired) electrons. The number of rotatable bonds is 3. The van der Waals surface area contributed by atoms with Crippen LogP contribution >= 0.6 is 0 Å². The van der Waals surface area contributed by atoms with E-state index in [1.165, 1.54) is 11.1 Å². The summed E-state index contributed by atoms with van der Waals surface area (Å²) in [6.45, 7) is 8.36. The normalized spacial score (nSPS) is 14.5. The lowest BCUT2D eigenvalue weighted by atomic mass is 10.0. The van der Waals surface area contributed by atoms with Gasteiger partial charge < -0.3 is 0 Å². The number of aromatic nitrogens is 1. The minimum absolute atomic E-state index is 0.424. The Morgan fingerprint density at radius 1 is 1.40 bits per heavy atom. The molecule has 0 saturated carbocycles. The molecule has 0 aromatic carbocycles. The van der Waals surface area contributed by atoms with Crippen molar-refractivity contribution in [2.75, 3.05) is 0 Å². The first-order valence-corrected chi connectivity index (χ1v) is 5.37. The molecule has 1 aromatic heterocycles. The summed E-state index contributed by atoms with van der Waals surface area (Å²) in [5.41, 5.74) is 3.63. The van der Waals surface area contributed by atoms with E-state index in [1.54, 1.807) is 0 Å². The third-order valence-corrected chi connectivity index (χ3v) is 2.56. The molecule has 15 heavy (non-hydrogen) atoms. The molecule has 0 spiro atoms. The Morgan fingerprint density at radius 2 is 2.13 bits per heavy atom. The molecule has 1 heteroatoms. The van der Waals surface area contributed by atoms with Crippen LogP contribution in [-0.2, 0) is 0 Å². The molecular formula is C14H19N. The Bertz CT molecular complexity index is 357. The van der Waals surface area contributed by atoms with Crippen LogP contribution in [0.3, 0.4) is 0 Å². The van der Waals surface area contributed by atoms with Gasteiger partial charge >= 0.3 is 0 Å². The Morgan fingerprint density at radius 3 is 2.67 bits per heavy atom. The second kappa shape index (κ2) is 5.50. The van der Waals surface area contributed by atoms with Gasteiger partial charge in [-0.25, -0.2) is 0 Å². The van der Waals surface area contributed by atoms with Crippen LogP contribution in [-0.4, -0.2) is 4.98 Å². The van der Waals surface area contributed by atoms with Gasteiger partial charge in [-0.15, -0.1) is 0 Å². The van der Waals surface area contributed by atoms with Crippen LogP contribution in [0.5, 0.6) is 0 Å². The Kier molecular flexibility index (Phi) is 4.29. The van der Waals surface area contributed by atoms with Crippen LogP contribution in [0.4, 0.5) is 0 Å². The molecule has 1 nitrogen and oxygen atoms in total. The molecule has 0 aliphatic carbocycles. The van der Waals surface area contributed by atoms with Crippen molar-refractivity contribution in [2.24, 2.45) is 0 Å². The number of hydrogen-bond acceptors (Lipinski definition) is 1. The molecule has 0 aliphatic rings. The van der Waals surface area contributed by atoms with E-state index in [0.717, 1.165) is 5.69 Å². The quantitative estimate of drug-likeness (QED) is 0.673. The van der Waals surface area contributed by atoms with E-state index in [4.69, 9.17) is 0 Å². The van der Waals surface area contributed by atoms with Crippen molar-refractivity contribution < 1.29 is 0 Å². The molecule has 1 aromatic rings. The summed E-state index contributed by atoms with van der Waals surface area (Å²) >= 11 is 0. The highest BCUT2D eigenvalue weighted by Crippen LogP contribution is 2.16. The van der Waals surface area contributed by atoms with Crippen LogP contribution in [0, 0.1) is 6.92 Å². The predicted octanol–water partition coefficient (Wildman–Crippen LogP) is 4.02. The molecule has 0 aliphatic heterocycles. The molecule has 0 amide bonds. The Balaban J connectivity index is 2.73. The van der Waals surface area contributed by atoms with Crippen molar-refractivity contribution in [1.82, 2.24) is 4.98 Å². The van der Waals surface area contributed by atoms with Crippen LogP contribution in [0.2, 0.25) is 0 Å². The number of pyridine rings is 1. The van der Waals surface area contributed by atoms with E-state index in [0.29, 0.717) is 5.92 Å². The largest absolute Gasteiger partial charge is 0.261 e. The molecular weight excluding hydrogens is 182 g/mol. The van der Waals surface area contributed by atoms with Gasteiger partial charge in [-0.2, -0.15) is 0 Å². The second-order valence-electron chi connectivity index (χ2n) is 3.91. The standard InChI is InChI=1S/C14H19N/c1-5-11(2)6-7-12(3)14-9-8-13(4)15-10-14/h5-10,12H,1-4H3/b7-6-,11-5-. The highest BCUT2D eigenvalue weighted by molar-refractivity contribution is 5.25. The monoisotopic (exact) mass is 201 g/mol. The Labute approximate surface area is 92.6 Å². The summed E-state index contributed by atoms with van der Waals surface area (Å²) in [4.78, 5) is 4.30. The van der Waals surface area contributed by atoms with E-state index in [9.17, 15) is 0 Å². The van der Waals surface area contributed by atoms with Crippen molar-refractivity contribution in [2.45, 2.75) is 33.6 Å². The van der Waals surface area contributed by atoms with Gasteiger partial charge in [-0.3, -0.25) is 4.98 Å². The number of aryl methyl sites for hydroxylation is 1. The van der Waals surface area contributed by atoms with Gasteiger partial charge in [-0.1, -0.05) is 36.8 Å². The van der Waals surface area contributed by atoms with E-state index < -0.39 is 0 Å². The average molecular weight is 201 g/mol. The highest BCUT2D eigenvalue weighted by Gasteiger charge is 2.00. The minimum atomic E-state index is 0.424. The molecule has 1 rings (SSSR count). The number of hydrogen-bond donors (Lipinski definition) is 0. The van der Waals surface area contributed by atoms with Crippen LogP contribution in [0.1, 0.15) is 37.9 Å². The predicted molar refractivity (Wildman–Crippen MR) is 66.0 cm³/mol. The van der Waals surface area contributed by atoms with Crippen molar-refractivity contribution >= 4 is 0 Å². The summed E-state index contributed by atoms with van der Waals surface area (Å²) in [6.07, 6.45) is 8.43. The number of nitrogens with zero attached hydrogens (tertiary/aromatic N) is 1. The summed E-state index contributed by atoms with van der Waals surface area (Å²) in [6, 6.07) is 4.20. The molecule has 1 atom stereocenters. The molecule has 0 bridgehead atoms. The van der Waals surface area contributed by atoms with Gasteiger partial charge in [0.05, 0.1) is 0 Å². The van der Waals surface area contributed by atoms with E-state index >= 15 is 0 Å². The fraction of sp³-hybridized carbons (Fsp3) is 0.357. The van der Waals surface area contributed by atoms with E-state index in [-0.39, 0.29) is 0 Å². The van der Waals surface area contributed by atoms with Gasteiger partial charge in [-0.05, 0) is 32.4 Å². The second-order valence-corrected chi connectivity index (χ2v) is 3.91. The first kappa shape index (κ1) is 11.7. The maximum Gasteiger partial charge on any atom is 0.0372 e. The maximum atomic E-state index is 4.30. The van der Waals surface area contributed by atoms with Crippen LogP contribution in [0.15, 0.2) is 42.1 Å². The zero-order chi connectivity index (χ0) is 11.3. The summed E-state index contributed by atoms with van der Waals surface area (Å²) < 4.78 is 0. The average Bonchev–Trinajstić information content (AvgIpc) is 2.26. The van der Waals surface area contributed by atoms with Crippen molar-refractivity contribution in [3.8, 4) is 0 Å². The zero-order valence-electron chi connectivity index (χ0n) is 9.99. The topological polar surface area (TPSA) is 12.9 Å². The van der Waals surface area contributed by atoms with E-state index in [1.807, 2.05) is 13.1 Å².